The molecular formula is C15H26N2O. The van der Waals surface area contributed by atoms with Gasteiger partial charge in [0.1, 0.15) is 0 Å². The molecule has 0 unspecified atom stereocenters. The lowest BCUT2D eigenvalue weighted by atomic mass is 10.1. The highest BCUT2D eigenvalue weighted by atomic mass is 16.5. The van der Waals surface area contributed by atoms with E-state index in [1.807, 2.05) is 18.2 Å². The molecular weight excluding hydrogens is 224 g/mol. The summed E-state index contributed by atoms with van der Waals surface area (Å²) in [5.74, 6) is 0. The van der Waals surface area contributed by atoms with E-state index in [9.17, 15) is 0 Å². The summed E-state index contributed by atoms with van der Waals surface area (Å²) in [7, 11) is 0. The molecule has 0 saturated carbocycles. The van der Waals surface area contributed by atoms with Crippen LogP contribution in [0.3, 0.4) is 0 Å². The summed E-state index contributed by atoms with van der Waals surface area (Å²) in [6, 6.07) is 6.08. The number of ether oxygens (including phenoxy) is 1. The summed E-state index contributed by atoms with van der Waals surface area (Å²) in [4.78, 5) is 4.59. The molecule has 102 valence electrons. The van der Waals surface area contributed by atoms with E-state index in [2.05, 4.69) is 51.8 Å². The summed E-state index contributed by atoms with van der Waals surface area (Å²) in [5.41, 5.74) is 2.03. The van der Waals surface area contributed by atoms with Crippen LogP contribution in [-0.4, -0.2) is 16.1 Å². The van der Waals surface area contributed by atoms with Gasteiger partial charge in [-0.05, 0) is 53.7 Å². The van der Waals surface area contributed by atoms with E-state index in [1.54, 1.807) is 0 Å². The monoisotopic (exact) mass is 250 g/mol. The Morgan fingerprint density at radius 1 is 1.06 bits per heavy atom. The Balaban J connectivity index is 2.57. The van der Waals surface area contributed by atoms with E-state index in [4.69, 9.17) is 4.74 Å². The highest BCUT2D eigenvalue weighted by Crippen LogP contribution is 2.11. The van der Waals surface area contributed by atoms with Gasteiger partial charge < -0.3 is 10.1 Å². The fraction of sp³-hybridized carbons (Fsp3) is 0.667. The minimum absolute atomic E-state index is 0.111. The summed E-state index contributed by atoms with van der Waals surface area (Å²) in [6.45, 7) is 14.0. The smallest absolute Gasteiger partial charge is 0.0895 e. The fourth-order valence-electron chi connectivity index (χ4n) is 1.35. The van der Waals surface area contributed by atoms with E-state index in [1.165, 1.54) is 0 Å². The van der Waals surface area contributed by atoms with Crippen LogP contribution in [-0.2, 0) is 17.9 Å². The topological polar surface area (TPSA) is 34.1 Å². The second-order valence-corrected chi connectivity index (χ2v) is 6.62. The van der Waals surface area contributed by atoms with Gasteiger partial charge in [0.05, 0.1) is 23.6 Å². The maximum atomic E-state index is 5.73. The van der Waals surface area contributed by atoms with Gasteiger partial charge in [-0.25, -0.2) is 0 Å². The molecule has 1 N–H and O–H groups in total. The third-order valence-electron chi connectivity index (χ3n) is 2.32. The molecule has 0 aliphatic heterocycles. The van der Waals surface area contributed by atoms with Crippen molar-refractivity contribution in [1.82, 2.24) is 10.3 Å². The first-order valence-corrected chi connectivity index (χ1v) is 6.49. The van der Waals surface area contributed by atoms with Crippen LogP contribution in [0.5, 0.6) is 0 Å². The predicted molar refractivity (Wildman–Crippen MR) is 75.4 cm³/mol. The number of hydrogen-bond donors (Lipinski definition) is 1. The van der Waals surface area contributed by atoms with Gasteiger partial charge in [-0.3, -0.25) is 4.98 Å². The van der Waals surface area contributed by atoms with E-state index >= 15 is 0 Å². The van der Waals surface area contributed by atoms with Crippen molar-refractivity contribution in [2.45, 2.75) is 65.8 Å². The quantitative estimate of drug-likeness (QED) is 0.890. The van der Waals surface area contributed by atoms with Gasteiger partial charge in [-0.2, -0.15) is 0 Å². The lowest BCUT2D eigenvalue weighted by Crippen LogP contribution is -2.35. The highest BCUT2D eigenvalue weighted by Gasteiger charge is 2.11. The Hall–Kier alpha value is -0.930. The fourth-order valence-corrected chi connectivity index (χ4v) is 1.35. The Bertz CT molecular complexity index is 342. The normalized spacial score (nSPS) is 12.8. The van der Waals surface area contributed by atoms with Crippen LogP contribution in [0.25, 0.3) is 0 Å². The van der Waals surface area contributed by atoms with Gasteiger partial charge >= 0.3 is 0 Å². The van der Waals surface area contributed by atoms with Crippen LogP contribution in [0.4, 0.5) is 0 Å². The SMILES string of the molecule is CC(C)(C)NCc1cccc(COC(C)(C)C)n1. The zero-order valence-corrected chi connectivity index (χ0v) is 12.5. The van der Waals surface area contributed by atoms with Crippen molar-refractivity contribution in [2.24, 2.45) is 0 Å². The number of rotatable bonds is 4. The highest BCUT2D eigenvalue weighted by molar-refractivity contribution is 5.11. The van der Waals surface area contributed by atoms with Gasteiger partial charge in [-0.15, -0.1) is 0 Å². The summed E-state index contributed by atoms with van der Waals surface area (Å²) < 4.78 is 5.73. The van der Waals surface area contributed by atoms with Crippen molar-refractivity contribution < 1.29 is 4.74 Å². The summed E-state index contributed by atoms with van der Waals surface area (Å²) in [6.07, 6.45) is 0. The lowest BCUT2D eigenvalue weighted by molar-refractivity contribution is -0.0165. The molecule has 0 aromatic carbocycles. The van der Waals surface area contributed by atoms with E-state index < -0.39 is 0 Å². The maximum Gasteiger partial charge on any atom is 0.0895 e. The second kappa shape index (κ2) is 5.81. The molecule has 1 aromatic rings. The summed E-state index contributed by atoms with van der Waals surface area (Å²) >= 11 is 0. The van der Waals surface area contributed by atoms with Crippen molar-refractivity contribution in [3.05, 3.63) is 29.6 Å². The van der Waals surface area contributed by atoms with E-state index in [0.717, 1.165) is 17.9 Å². The third kappa shape index (κ3) is 6.72. The van der Waals surface area contributed by atoms with Crippen molar-refractivity contribution in [3.63, 3.8) is 0 Å². The van der Waals surface area contributed by atoms with Crippen LogP contribution >= 0.6 is 0 Å². The van der Waals surface area contributed by atoms with Crippen LogP contribution < -0.4 is 5.32 Å². The third-order valence-corrected chi connectivity index (χ3v) is 2.32. The van der Waals surface area contributed by atoms with Crippen molar-refractivity contribution in [3.8, 4) is 0 Å². The standard InChI is InChI=1S/C15H26N2O/c1-14(2,3)16-10-12-8-7-9-13(17-12)11-18-15(4,5)6/h7-9,16H,10-11H2,1-6H3. The number of nitrogens with zero attached hydrogens (tertiary/aromatic N) is 1. The zero-order valence-electron chi connectivity index (χ0n) is 12.5. The van der Waals surface area contributed by atoms with Gasteiger partial charge in [0, 0.05) is 12.1 Å². The first-order chi connectivity index (χ1) is 8.16. The number of hydrogen-bond acceptors (Lipinski definition) is 3. The largest absolute Gasteiger partial charge is 0.370 e. The Kier molecular flexibility index (Phi) is 4.88. The van der Waals surface area contributed by atoms with E-state index in [0.29, 0.717) is 6.61 Å². The molecule has 0 spiro atoms. The minimum atomic E-state index is -0.124. The molecule has 0 atom stereocenters. The molecule has 0 radical (unpaired) electrons. The Morgan fingerprint density at radius 3 is 2.22 bits per heavy atom. The molecule has 0 aliphatic carbocycles. The predicted octanol–water partition coefficient (Wildman–Crippen LogP) is 3.28. The number of nitrogens with one attached hydrogen (secondary N) is 1. The van der Waals surface area contributed by atoms with Crippen LogP contribution in [0.2, 0.25) is 0 Å². The van der Waals surface area contributed by atoms with Crippen LogP contribution in [0.1, 0.15) is 52.9 Å². The molecule has 0 saturated heterocycles. The molecule has 3 nitrogen and oxygen atoms in total. The average Bonchev–Trinajstić information content (AvgIpc) is 2.22. The molecule has 0 aliphatic rings. The van der Waals surface area contributed by atoms with E-state index in [-0.39, 0.29) is 11.1 Å². The van der Waals surface area contributed by atoms with Gasteiger partial charge in [0.15, 0.2) is 0 Å². The van der Waals surface area contributed by atoms with Crippen molar-refractivity contribution in [2.75, 3.05) is 0 Å². The number of aromatic nitrogens is 1. The first kappa shape index (κ1) is 15.1. The molecule has 1 rings (SSSR count). The Labute approximate surface area is 111 Å². The molecule has 1 aromatic heterocycles. The first-order valence-electron chi connectivity index (χ1n) is 6.49. The minimum Gasteiger partial charge on any atom is -0.370 e. The van der Waals surface area contributed by atoms with Gasteiger partial charge in [0.25, 0.3) is 0 Å². The number of pyridine rings is 1. The summed E-state index contributed by atoms with van der Waals surface area (Å²) in [5, 5.41) is 3.43. The van der Waals surface area contributed by atoms with Crippen LogP contribution in [0, 0.1) is 0 Å². The van der Waals surface area contributed by atoms with Crippen LogP contribution in [0.15, 0.2) is 18.2 Å². The van der Waals surface area contributed by atoms with Crippen molar-refractivity contribution >= 4 is 0 Å². The molecule has 0 fully saturated rings. The maximum absolute atomic E-state index is 5.73. The van der Waals surface area contributed by atoms with Crippen molar-refractivity contribution in [1.29, 1.82) is 0 Å². The molecule has 18 heavy (non-hydrogen) atoms. The van der Waals surface area contributed by atoms with Gasteiger partial charge in [-0.1, -0.05) is 6.07 Å². The second-order valence-electron chi connectivity index (χ2n) is 6.62. The average molecular weight is 250 g/mol. The lowest BCUT2D eigenvalue weighted by Gasteiger charge is -2.21. The molecule has 0 bridgehead atoms. The molecule has 0 amide bonds. The van der Waals surface area contributed by atoms with Gasteiger partial charge in [0.2, 0.25) is 0 Å². The zero-order chi connectivity index (χ0) is 13.8. The molecule has 1 heterocycles. The molecule has 3 heteroatoms. The Morgan fingerprint density at radius 2 is 1.67 bits per heavy atom.